The van der Waals surface area contributed by atoms with E-state index in [-0.39, 0.29) is 11.9 Å². The van der Waals surface area contributed by atoms with E-state index in [2.05, 4.69) is 10.4 Å². The molecule has 0 spiro atoms. The minimum Gasteiger partial charge on any atom is -0.493 e. The molecule has 1 atom stereocenters. The third-order valence-corrected chi connectivity index (χ3v) is 3.92. The first-order valence-corrected chi connectivity index (χ1v) is 7.72. The molecule has 0 radical (unpaired) electrons. The minimum atomic E-state index is -0.00848. The molecule has 1 unspecified atom stereocenters. The minimum absolute atomic E-state index is 0.00848. The average Bonchev–Trinajstić information content (AvgIpc) is 2.97. The maximum absolute atomic E-state index is 12.1. The molecule has 1 aromatic carbocycles. The fraction of sp³-hybridized carbons (Fsp3) is 0.412. The van der Waals surface area contributed by atoms with Gasteiger partial charge in [-0.15, -0.1) is 0 Å². The van der Waals surface area contributed by atoms with Gasteiger partial charge < -0.3 is 14.8 Å². The van der Waals surface area contributed by atoms with Crippen LogP contribution in [0.15, 0.2) is 30.5 Å². The molecular weight excluding hydrogens is 294 g/mol. The van der Waals surface area contributed by atoms with Gasteiger partial charge >= 0.3 is 0 Å². The summed E-state index contributed by atoms with van der Waals surface area (Å²) in [5.41, 5.74) is 1.99. The molecule has 0 bridgehead atoms. The number of para-hydroxylation sites is 1. The number of rotatable bonds is 5. The maximum atomic E-state index is 12.1. The Kier molecular flexibility index (Phi) is 4.50. The fourth-order valence-corrected chi connectivity index (χ4v) is 2.79. The summed E-state index contributed by atoms with van der Waals surface area (Å²) < 4.78 is 12.8. The Bertz CT molecular complexity index is 696. The van der Waals surface area contributed by atoms with Gasteiger partial charge in [-0.2, -0.15) is 5.10 Å². The van der Waals surface area contributed by atoms with Crippen LogP contribution < -0.4 is 14.8 Å². The largest absolute Gasteiger partial charge is 0.493 e. The van der Waals surface area contributed by atoms with Crippen molar-refractivity contribution in [3.05, 3.63) is 41.7 Å². The van der Waals surface area contributed by atoms with Gasteiger partial charge in [-0.05, 0) is 18.6 Å². The highest BCUT2D eigenvalue weighted by Crippen LogP contribution is 2.34. The monoisotopic (exact) mass is 315 g/mol. The highest BCUT2D eigenvalue weighted by molar-refractivity contribution is 5.76. The first kappa shape index (κ1) is 15.4. The number of methoxy groups -OCH3 is 1. The van der Waals surface area contributed by atoms with Crippen LogP contribution in [-0.2, 0) is 24.7 Å². The van der Waals surface area contributed by atoms with Gasteiger partial charge in [0.05, 0.1) is 18.8 Å². The van der Waals surface area contributed by atoms with E-state index < -0.39 is 0 Å². The number of nitrogens with one attached hydrogen (secondary N) is 1. The summed E-state index contributed by atoms with van der Waals surface area (Å²) in [7, 11) is 3.50. The molecule has 1 aliphatic rings. The lowest BCUT2D eigenvalue weighted by Gasteiger charge is -2.27. The van der Waals surface area contributed by atoms with Crippen molar-refractivity contribution in [1.82, 2.24) is 15.1 Å². The Balaban J connectivity index is 1.54. The molecule has 2 aromatic rings. The molecule has 0 saturated carbocycles. The molecule has 1 N–H and O–H groups in total. The zero-order chi connectivity index (χ0) is 16.2. The average molecular weight is 315 g/mol. The molecule has 0 fully saturated rings. The standard InChI is InChI=1S/C17H21N3O3/c1-20-9-8-13(19-20)6-7-16(21)18-14-10-12-4-3-5-15(22-2)17(12)23-11-14/h3-5,8-9,14H,6-7,10-11H2,1-2H3,(H,18,21). The molecule has 6 heteroatoms. The fourth-order valence-electron chi connectivity index (χ4n) is 2.79. The third-order valence-electron chi connectivity index (χ3n) is 3.92. The Hall–Kier alpha value is -2.50. The summed E-state index contributed by atoms with van der Waals surface area (Å²) in [4.78, 5) is 12.1. The van der Waals surface area contributed by atoms with E-state index in [1.165, 1.54) is 0 Å². The van der Waals surface area contributed by atoms with Gasteiger partial charge in [-0.1, -0.05) is 12.1 Å². The molecule has 1 aliphatic heterocycles. The lowest BCUT2D eigenvalue weighted by atomic mass is 10.0. The Morgan fingerprint density at radius 2 is 2.35 bits per heavy atom. The first-order valence-electron chi connectivity index (χ1n) is 7.72. The highest BCUT2D eigenvalue weighted by atomic mass is 16.5. The Labute approximate surface area is 135 Å². The second-order valence-corrected chi connectivity index (χ2v) is 5.71. The van der Waals surface area contributed by atoms with Crippen molar-refractivity contribution < 1.29 is 14.3 Å². The lowest BCUT2D eigenvalue weighted by Crippen LogP contribution is -2.42. The first-order chi connectivity index (χ1) is 11.2. The summed E-state index contributed by atoms with van der Waals surface area (Å²) in [6.45, 7) is 0.461. The number of fused-ring (bicyclic) bond motifs is 1. The molecule has 122 valence electrons. The van der Waals surface area contributed by atoms with Gasteiger partial charge in [0.25, 0.3) is 0 Å². The third kappa shape index (κ3) is 3.64. The Morgan fingerprint density at radius 3 is 3.09 bits per heavy atom. The van der Waals surface area contributed by atoms with Crippen molar-refractivity contribution in [1.29, 1.82) is 0 Å². The Morgan fingerprint density at radius 1 is 1.48 bits per heavy atom. The van der Waals surface area contributed by atoms with Crippen LogP contribution in [0, 0.1) is 0 Å². The quantitative estimate of drug-likeness (QED) is 0.908. The SMILES string of the molecule is COc1cccc2c1OCC(NC(=O)CCc1ccn(C)n1)C2. The number of carbonyl (C=O) groups excluding carboxylic acids is 1. The summed E-state index contributed by atoms with van der Waals surface area (Å²) in [5, 5.41) is 7.31. The van der Waals surface area contributed by atoms with Crippen molar-refractivity contribution in [2.24, 2.45) is 7.05 Å². The summed E-state index contributed by atoms with van der Waals surface area (Å²) in [6, 6.07) is 7.74. The normalized spacial score (nSPS) is 16.3. The van der Waals surface area contributed by atoms with Gasteiger partial charge in [0.15, 0.2) is 11.5 Å². The zero-order valence-corrected chi connectivity index (χ0v) is 13.4. The van der Waals surface area contributed by atoms with Crippen molar-refractivity contribution in [2.45, 2.75) is 25.3 Å². The molecule has 2 heterocycles. The van der Waals surface area contributed by atoms with Crippen LogP contribution in [0.2, 0.25) is 0 Å². The molecular formula is C17H21N3O3. The molecule has 1 amide bonds. The maximum Gasteiger partial charge on any atom is 0.220 e. The van der Waals surface area contributed by atoms with E-state index in [4.69, 9.17) is 9.47 Å². The second-order valence-electron chi connectivity index (χ2n) is 5.71. The van der Waals surface area contributed by atoms with Gasteiger partial charge in [0, 0.05) is 31.6 Å². The summed E-state index contributed by atoms with van der Waals surface area (Å²) in [6.07, 6.45) is 3.71. The van der Waals surface area contributed by atoms with E-state index in [1.54, 1.807) is 11.8 Å². The van der Waals surface area contributed by atoms with Crippen molar-refractivity contribution in [2.75, 3.05) is 13.7 Å². The molecule has 3 rings (SSSR count). The van der Waals surface area contributed by atoms with Crippen molar-refractivity contribution >= 4 is 5.91 Å². The number of aryl methyl sites for hydroxylation is 2. The van der Waals surface area contributed by atoms with Gasteiger partial charge in [-0.3, -0.25) is 9.48 Å². The van der Waals surface area contributed by atoms with Crippen molar-refractivity contribution in [3.8, 4) is 11.5 Å². The zero-order valence-electron chi connectivity index (χ0n) is 13.4. The van der Waals surface area contributed by atoms with Crippen LogP contribution in [0.3, 0.4) is 0 Å². The lowest BCUT2D eigenvalue weighted by molar-refractivity contribution is -0.122. The van der Waals surface area contributed by atoms with E-state index >= 15 is 0 Å². The van der Waals surface area contributed by atoms with E-state index in [9.17, 15) is 4.79 Å². The topological polar surface area (TPSA) is 65.4 Å². The second kappa shape index (κ2) is 6.73. The number of ether oxygens (including phenoxy) is 2. The number of hydrogen-bond acceptors (Lipinski definition) is 4. The highest BCUT2D eigenvalue weighted by Gasteiger charge is 2.23. The molecule has 1 aromatic heterocycles. The van der Waals surface area contributed by atoms with Crippen LogP contribution in [0.1, 0.15) is 17.7 Å². The number of benzene rings is 1. The van der Waals surface area contributed by atoms with Gasteiger partial charge in [0.2, 0.25) is 5.91 Å². The molecule has 0 saturated heterocycles. The van der Waals surface area contributed by atoms with Crippen LogP contribution in [0.5, 0.6) is 11.5 Å². The van der Waals surface area contributed by atoms with Crippen LogP contribution in [-0.4, -0.2) is 35.4 Å². The molecule has 6 nitrogen and oxygen atoms in total. The smallest absolute Gasteiger partial charge is 0.220 e. The number of nitrogens with zero attached hydrogens (tertiary/aromatic N) is 2. The van der Waals surface area contributed by atoms with E-state index in [0.717, 1.165) is 29.2 Å². The van der Waals surface area contributed by atoms with Gasteiger partial charge in [0.1, 0.15) is 6.61 Å². The van der Waals surface area contributed by atoms with E-state index in [1.807, 2.05) is 37.5 Å². The predicted octanol–water partition coefficient (Wildman–Crippen LogP) is 1.48. The predicted molar refractivity (Wildman–Crippen MR) is 85.7 cm³/mol. The van der Waals surface area contributed by atoms with Crippen LogP contribution in [0.4, 0.5) is 0 Å². The molecule has 23 heavy (non-hydrogen) atoms. The summed E-state index contributed by atoms with van der Waals surface area (Å²) >= 11 is 0. The van der Waals surface area contributed by atoms with Crippen LogP contribution >= 0.6 is 0 Å². The van der Waals surface area contributed by atoms with Crippen LogP contribution in [0.25, 0.3) is 0 Å². The number of carbonyl (C=O) groups is 1. The number of hydrogen-bond donors (Lipinski definition) is 1. The van der Waals surface area contributed by atoms with Gasteiger partial charge in [-0.25, -0.2) is 0 Å². The van der Waals surface area contributed by atoms with E-state index in [0.29, 0.717) is 19.4 Å². The van der Waals surface area contributed by atoms with Crippen molar-refractivity contribution in [3.63, 3.8) is 0 Å². The molecule has 0 aliphatic carbocycles. The number of amides is 1. The number of aromatic nitrogens is 2. The summed E-state index contributed by atoms with van der Waals surface area (Å²) in [5.74, 6) is 1.55.